The van der Waals surface area contributed by atoms with Crippen molar-refractivity contribution in [3.8, 4) is 11.3 Å². The molecule has 0 amide bonds. The number of hydrogen-bond acceptors (Lipinski definition) is 4. The van der Waals surface area contributed by atoms with E-state index in [1.165, 1.54) is 25.3 Å². The maximum absolute atomic E-state index is 12.2. The van der Waals surface area contributed by atoms with E-state index in [-0.39, 0.29) is 5.43 Å². The molecule has 0 saturated heterocycles. The van der Waals surface area contributed by atoms with Crippen LogP contribution in [0, 0.1) is 0 Å². The molecular formula is C17H10Cl2O4. The van der Waals surface area contributed by atoms with E-state index in [1.54, 1.807) is 24.3 Å². The Morgan fingerprint density at radius 2 is 1.70 bits per heavy atom. The molecule has 0 spiro atoms. The number of methoxy groups -OCH3 is 1. The molecule has 0 aliphatic rings. The number of benzene rings is 2. The normalized spacial score (nSPS) is 10.7. The molecule has 23 heavy (non-hydrogen) atoms. The third-order valence-electron chi connectivity index (χ3n) is 3.36. The van der Waals surface area contributed by atoms with Crippen LogP contribution < -0.4 is 5.43 Å². The van der Waals surface area contributed by atoms with Crippen LogP contribution in [0.5, 0.6) is 0 Å². The third kappa shape index (κ3) is 2.96. The number of fused-ring (bicyclic) bond motifs is 1. The Morgan fingerprint density at radius 3 is 2.35 bits per heavy atom. The molecule has 3 aromatic rings. The SMILES string of the molecule is COC(=O)c1ccc(-c2cc(=O)c3cc(Cl)c(Cl)cc3o2)cc1. The minimum absolute atomic E-state index is 0.225. The molecule has 0 atom stereocenters. The minimum Gasteiger partial charge on any atom is -0.465 e. The van der Waals surface area contributed by atoms with Crippen molar-refractivity contribution < 1.29 is 13.9 Å². The van der Waals surface area contributed by atoms with Crippen LogP contribution in [0.15, 0.2) is 51.7 Å². The van der Waals surface area contributed by atoms with Gasteiger partial charge in [0.15, 0.2) is 5.43 Å². The summed E-state index contributed by atoms with van der Waals surface area (Å²) in [7, 11) is 1.31. The van der Waals surface area contributed by atoms with E-state index in [4.69, 9.17) is 27.6 Å². The van der Waals surface area contributed by atoms with E-state index in [2.05, 4.69) is 4.74 Å². The molecule has 0 radical (unpaired) electrons. The van der Waals surface area contributed by atoms with Crippen LogP contribution >= 0.6 is 23.2 Å². The molecule has 1 aromatic heterocycles. The number of hydrogen-bond donors (Lipinski definition) is 0. The van der Waals surface area contributed by atoms with Crippen molar-refractivity contribution in [3.63, 3.8) is 0 Å². The largest absolute Gasteiger partial charge is 0.465 e. The van der Waals surface area contributed by atoms with Gasteiger partial charge in [0.1, 0.15) is 11.3 Å². The van der Waals surface area contributed by atoms with Crippen molar-refractivity contribution in [1.82, 2.24) is 0 Å². The lowest BCUT2D eigenvalue weighted by Crippen LogP contribution is -2.02. The summed E-state index contributed by atoms with van der Waals surface area (Å²) in [6.07, 6.45) is 0. The summed E-state index contributed by atoms with van der Waals surface area (Å²) in [6, 6.07) is 10.9. The molecule has 4 nitrogen and oxygen atoms in total. The molecule has 116 valence electrons. The summed E-state index contributed by atoms with van der Waals surface area (Å²) in [5.74, 6) is -0.0600. The van der Waals surface area contributed by atoms with Crippen LogP contribution in [-0.4, -0.2) is 13.1 Å². The zero-order valence-electron chi connectivity index (χ0n) is 11.9. The fraction of sp³-hybridized carbons (Fsp3) is 0.0588. The molecule has 0 saturated carbocycles. The van der Waals surface area contributed by atoms with E-state index in [0.29, 0.717) is 37.9 Å². The lowest BCUT2D eigenvalue weighted by atomic mass is 10.1. The number of carbonyl (C=O) groups excluding carboxylic acids is 1. The number of esters is 1. The number of rotatable bonds is 2. The van der Waals surface area contributed by atoms with Crippen LogP contribution in [0.2, 0.25) is 10.0 Å². The fourth-order valence-corrected chi connectivity index (χ4v) is 2.50. The zero-order valence-corrected chi connectivity index (χ0v) is 13.4. The molecule has 0 bridgehead atoms. The first-order valence-corrected chi connectivity index (χ1v) is 7.37. The molecule has 0 aliphatic heterocycles. The van der Waals surface area contributed by atoms with Gasteiger partial charge in [-0.2, -0.15) is 0 Å². The van der Waals surface area contributed by atoms with Gasteiger partial charge in [-0.25, -0.2) is 4.79 Å². The Balaban J connectivity index is 2.11. The highest BCUT2D eigenvalue weighted by Gasteiger charge is 2.11. The van der Waals surface area contributed by atoms with E-state index in [0.717, 1.165) is 0 Å². The molecule has 3 rings (SSSR count). The van der Waals surface area contributed by atoms with Crippen LogP contribution in [0.1, 0.15) is 10.4 Å². The number of halogens is 2. The molecule has 0 aliphatic carbocycles. The van der Waals surface area contributed by atoms with Crippen LogP contribution in [0.4, 0.5) is 0 Å². The predicted molar refractivity (Wildman–Crippen MR) is 89.3 cm³/mol. The molecular weight excluding hydrogens is 339 g/mol. The summed E-state index contributed by atoms with van der Waals surface area (Å²) in [6.45, 7) is 0. The van der Waals surface area contributed by atoms with Crippen LogP contribution in [-0.2, 0) is 4.74 Å². The van der Waals surface area contributed by atoms with Gasteiger partial charge < -0.3 is 9.15 Å². The van der Waals surface area contributed by atoms with E-state index in [1.807, 2.05) is 0 Å². The lowest BCUT2D eigenvalue weighted by molar-refractivity contribution is 0.0601. The van der Waals surface area contributed by atoms with Gasteiger partial charge in [-0.15, -0.1) is 0 Å². The van der Waals surface area contributed by atoms with Crippen LogP contribution in [0.25, 0.3) is 22.3 Å². The van der Waals surface area contributed by atoms with Gasteiger partial charge in [0.2, 0.25) is 0 Å². The summed E-state index contributed by atoms with van der Waals surface area (Å²) < 4.78 is 10.4. The summed E-state index contributed by atoms with van der Waals surface area (Å²) in [5.41, 5.74) is 1.19. The first-order valence-electron chi connectivity index (χ1n) is 6.61. The summed E-state index contributed by atoms with van der Waals surface area (Å²) in [4.78, 5) is 23.7. The monoisotopic (exact) mass is 348 g/mol. The second kappa shape index (κ2) is 6.07. The predicted octanol–water partition coefficient (Wildman–Crippen LogP) is 4.55. The summed E-state index contributed by atoms with van der Waals surface area (Å²) in [5, 5.41) is 0.955. The maximum atomic E-state index is 12.2. The Bertz CT molecular complexity index is 959. The summed E-state index contributed by atoms with van der Waals surface area (Å²) >= 11 is 11.9. The second-order valence-corrected chi connectivity index (χ2v) is 5.62. The maximum Gasteiger partial charge on any atom is 0.337 e. The minimum atomic E-state index is -0.432. The average molecular weight is 349 g/mol. The van der Waals surface area contributed by atoms with Crippen LogP contribution in [0.3, 0.4) is 0 Å². The number of ether oxygens (including phenoxy) is 1. The quantitative estimate of drug-likeness (QED) is 0.637. The molecule has 0 N–H and O–H groups in total. The molecule has 1 heterocycles. The Morgan fingerprint density at radius 1 is 1.04 bits per heavy atom. The number of carbonyl (C=O) groups is 1. The second-order valence-electron chi connectivity index (χ2n) is 4.81. The average Bonchev–Trinajstić information content (AvgIpc) is 2.56. The van der Waals surface area contributed by atoms with E-state index in [9.17, 15) is 9.59 Å². The topological polar surface area (TPSA) is 56.5 Å². The lowest BCUT2D eigenvalue weighted by Gasteiger charge is -2.05. The van der Waals surface area contributed by atoms with Crippen molar-refractivity contribution in [2.75, 3.05) is 7.11 Å². The Kier molecular flexibility index (Phi) is 4.11. The van der Waals surface area contributed by atoms with Gasteiger partial charge in [0.25, 0.3) is 0 Å². The highest BCUT2D eigenvalue weighted by molar-refractivity contribution is 6.42. The van der Waals surface area contributed by atoms with Crippen molar-refractivity contribution in [2.45, 2.75) is 0 Å². The van der Waals surface area contributed by atoms with Crippen molar-refractivity contribution >= 4 is 40.1 Å². The van der Waals surface area contributed by atoms with Gasteiger partial charge in [-0.1, -0.05) is 35.3 Å². The Labute approximate surface area is 141 Å². The van der Waals surface area contributed by atoms with Crippen molar-refractivity contribution in [1.29, 1.82) is 0 Å². The van der Waals surface area contributed by atoms with E-state index >= 15 is 0 Å². The highest BCUT2D eigenvalue weighted by Crippen LogP contribution is 2.29. The van der Waals surface area contributed by atoms with Gasteiger partial charge in [0, 0.05) is 17.7 Å². The highest BCUT2D eigenvalue weighted by atomic mass is 35.5. The van der Waals surface area contributed by atoms with Gasteiger partial charge in [-0.05, 0) is 18.2 Å². The standard InChI is InChI=1S/C17H10Cl2O4/c1-22-17(21)10-4-2-9(3-5-10)15-8-14(20)11-6-12(18)13(19)7-16(11)23-15/h2-8H,1H3. The molecule has 2 aromatic carbocycles. The zero-order chi connectivity index (χ0) is 16.6. The van der Waals surface area contributed by atoms with Gasteiger partial charge in [-0.3, -0.25) is 4.79 Å². The van der Waals surface area contributed by atoms with Crippen molar-refractivity contribution in [2.24, 2.45) is 0 Å². The first kappa shape index (κ1) is 15.6. The fourth-order valence-electron chi connectivity index (χ4n) is 2.18. The molecule has 0 unspecified atom stereocenters. The smallest absolute Gasteiger partial charge is 0.337 e. The van der Waals surface area contributed by atoms with Crippen molar-refractivity contribution in [3.05, 3.63) is 68.3 Å². The van der Waals surface area contributed by atoms with Gasteiger partial charge in [0.05, 0.1) is 28.1 Å². The molecule has 6 heteroatoms. The third-order valence-corrected chi connectivity index (χ3v) is 4.08. The molecule has 0 fully saturated rings. The van der Waals surface area contributed by atoms with Gasteiger partial charge >= 0.3 is 5.97 Å². The van der Waals surface area contributed by atoms with E-state index < -0.39 is 5.97 Å². The Hall–Kier alpha value is -2.30. The first-order chi connectivity index (χ1) is 11.0.